The Kier molecular flexibility index (Phi) is 4.35. The van der Waals surface area contributed by atoms with Gasteiger partial charge >= 0.3 is 0 Å². The van der Waals surface area contributed by atoms with Crippen LogP contribution in [0.5, 0.6) is 5.75 Å². The summed E-state index contributed by atoms with van der Waals surface area (Å²) >= 11 is 0. The lowest BCUT2D eigenvalue weighted by Gasteiger charge is -2.09. The van der Waals surface area contributed by atoms with E-state index in [2.05, 4.69) is 5.16 Å². The van der Waals surface area contributed by atoms with Crippen molar-refractivity contribution in [3.63, 3.8) is 0 Å². The van der Waals surface area contributed by atoms with Crippen LogP contribution in [-0.4, -0.2) is 10.9 Å². The second kappa shape index (κ2) is 6.19. The van der Waals surface area contributed by atoms with Crippen LogP contribution in [0.4, 0.5) is 4.39 Å². The molecule has 1 N–H and O–H groups in total. The van der Waals surface area contributed by atoms with Gasteiger partial charge in [-0.05, 0) is 66.9 Å². The van der Waals surface area contributed by atoms with Crippen molar-refractivity contribution >= 4 is 5.71 Å². The van der Waals surface area contributed by atoms with Gasteiger partial charge in [-0.3, -0.25) is 0 Å². The quantitative estimate of drug-likeness (QED) is 0.521. The first-order valence-electron chi connectivity index (χ1n) is 6.27. The molecule has 0 heterocycles. The van der Waals surface area contributed by atoms with Gasteiger partial charge in [0.2, 0.25) is 0 Å². The monoisotopic (exact) mass is 273 g/mol. The molecule has 0 atom stereocenters. The number of rotatable bonds is 4. The Morgan fingerprint density at radius 3 is 2.50 bits per heavy atom. The third-order valence-corrected chi connectivity index (χ3v) is 3.12. The first-order valence-corrected chi connectivity index (χ1v) is 6.27. The highest BCUT2D eigenvalue weighted by molar-refractivity contribution is 5.98. The molecule has 104 valence electrons. The highest BCUT2D eigenvalue weighted by Gasteiger charge is 2.02. The van der Waals surface area contributed by atoms with Crippen LogP contribution < -0.4 is 4.74 Å². The van der Waals surface area contributed by atoms with Gasteiger partial charge < -0.3 is 9.94 Å². The number of benzene rings is 2. The van der Waals surface area contributed by atoms with Crippen molar-refractivity contribution in [2.75, 3.05) is 0 Å². The fraction of sp³-hybridized carbons (Fsp3) is 0.188. The van der Waals surface area contributed by atoms with Gasteiger partial charge in [-0.1, -0.05) is 11.2 Å². The zero-order valence-corrected chi connectivity index (χ0v) is 11.4. The summed E-state index contributed by atoms with van der Waals surface area (Å²) in [6.07, 6.45) is 0. The maximum Gasteiger partial charge on any atom is 0.123 e. The summed E-state index contributed by atoms with van der Waals surface area (Å²) in [5.74, 6) is 0.470. The van der Waals surface area contributed by atoms with E-state index in [-0.39, 0.29) is 5.82 Å². The Bertz CT molecular complexity index is 621. The maximum atomic E-state index is 13.0. The van der Waals surface area contributed by atoms with Gasteiger partial charge in [0.25, 0.3) is 0 Å². The number of halogens is 1. The fourth-order valence-corrected chi connectivity index (χ4v) is 1.83. The van der Waals surface area contributed by atoms with Crippen LogP contribution in [0.2, 0.25) is 0 Å². The Morgan fingerprint density at radius 2 is 1.90 bits per heavy atom. The topological polar surface area (TPSA) is 41.8 Å². The third-order valence-electron chi connectivity index (χ3n) is 3.12. The summed E-state index contributed by atoms with van der Waals surface area (Å²) in [7, 11) is 0. The first kappa shape index (κ1) is 14.1. The number of nitrogens with zero attached hydrogens (tertiary/aromatic N) is 1. The SMILES string of the molecule is C/C(=N/O)c1ccc(OCc2ccc(F)cc2C)cc1. The molecular formula is C16H16FNO2. The molecule has 0 aliphatic carbocycles. The average Bonchev–Trinajstić information content (AvgIpc) is 2.46. The predicted molar refractivity (Wildman–Crippen MR) is 75.9 cm³/mol. The van der Waals surface area contributed by atoms with E-state index in [1.54, 1.807) is 13.0 Å². The molecule has 0 unspecified atom stereocenters. The van der Waals surface area contributed by atoms with Crippen LogP contribution in [-0.2, 0) is 6.61 Å². The molecule has 2 aromatic rings. The van der Waals surface area contributed by atoms with Gasteiger partial charge in [-0.25, -0.2) is 4.39 Å². The largest absolute Gasteiger partial charge is 0.489 e. The molecular weight excluding hydrogens is 257 g/mol. The summed E-state index contributed by atoms with van der Waals surface area (Å²) in [6, 6.07) is 11.9. The van der Waals surface area contributed by atoms with Crippen LogP contribution in [0, 0.1) is 12.7 Å². The lowest BCUT2D eigenvalue weighted by molar-refractivity contribution is 0.305. The molecule has 0 aliphatic rings. The highest BCUT2D eigenvalue weighted by atomic mass is 19.1. The van der Waals surface area contributed by atoms with Crippen LogP contribution in [0.3, 0.4) is 0 Å². The molecule has 20 heavy (non-hydrogen) atoms. The Labute approximate surface area is 117 Å². The average molecular weight is 273 g/mol. The van der Waals surface area contributed by atoms with E-state index in [4.69, 9.17) is 9.94 Å². The summed E-state index contributed by atoms with van der Waals surface area (Å²) in [5.41, 5.74) is 3.19. The van der Waals surface area contributed by atoms with E-state index in [1.807, 2.05) is 31.2 Å². The number of hydrogen-bond donors (Lipinski definition) is 1. The van der Waals surface area contributed by atoms with Gasteiger partial charge in [0, 0.05) is 0 Å². The van der Waals surface area contributed by atoms with Gasteiger partial charge in [-0.15, -0.1) is 0 Å². The second-order valence-corrected chi connectivity index (χ2v) is 4.57. The van der Waals surface area contributed by atoms with Crippen LogP contribution in [0.25, 0.3) is 0 Å². The molecule has 3 nitrogen and oxygen atoms in total. The Hall–Kier alpha value is -2.36. The maximum absolute atomic E-state index is 13.0. The van der Waals surface area contributed by atoms with Crippen molar-refractivity contribution < 1.29 is 14.3 Å². The Balaban J connectivity index is 2.04. The van der Waals surface area contributed by atoms with E-state index in [0.29, 0.717) is 18.1 Å². The second-order valence-electron chi connectivity index (χ2n) is 4.57. The van der Waals surface area contributed by atoms with Gasteiger partial charge in [0.05, 0.1) is 5.71 Å². The van der Waals surface area contributed by atoms with Crippen LogP contribution in [0.1, 0.15) is 23.6 Å². The molecule has 4 heteroatoms. The van der Waals surface area contributed by atoms with Crippen LogP contribution >= 0.6 is 0 Å². The summed E-state index contributed by atoms with van der Waals surface area (Å²) < 4.78 is 18.6. The van der Waals surface area contributed by atoms with Crippen molar-refractivity contribution in [1.82, 2.24) is 0 Å². The molecule has 0 amide bonds. The van der Waals surface area contributed by atoms with Crippen LogP contribution in [0.15, 0.2) is 47.6 Å². The van der Waals surface area contributed by atoms with E-state index in [9.17, 15) is 4.39 Å². The van der Waals surface area contributed by atoms with Gasteiger partial charge in [-0.2, -0.15) is 0 Å². The molecule has 0 bridgehead atoms. The van der Waals surface area contributed by atoms with Crippen molar-refractivity contribution in [3.05, 3.63) is 65.0 Å². The van der Waals surface area contributed by atoms with Gasteiger partial charge in [0.1, 0.15) is 18.2 Å². The lowest BCUT2D eigenvalue weighted by Crippen LogP contribution is -1.99. The normalized spacial score (nSPS) is 11.4. The van der Waals surface area contributed by atoms with Gasteiger partial charge in [0.15, 0.2) is 0 Å². The number of oxime groups is 1. The number of aryl methyl sites for hydroxylation is 1. The third kappa shape index (κ3) is 3.35. The molecule has 0 aromatic heterocycles. The molecule has 0 aliphatic heterocycles. The molecule has 2 aromatic carbocycles. The fourth-order valence-electron chi connectivity index (χ4n) is 1.83. The predicted octanol–water partition coefficient (Wildman–Crippen LogP) is 3.91. The van der Waals surface area contributed by atoms with E-state index < -0.39 is 0 Å². The summed E-state index contributed by atoms with van der Waals surface area (Å²) in [4.78, 5) is 0. The van der Waals surface area contributed by atoms with Crippen molar-refractivity contribution in [3.8, 4) is 5.75 Å². The van der Waals surface area contributed by atoms with E-state index in [0.717, 1.165) is 16.7 Å². The minimum Gasteiger partial charge on any atom is -0.489 e. The molecule has 0 saturated carbocycles. The highest BCUT2D eigenvalue weighted by Crippen LogP contribution is 2.17. The molecule has 0 spiro atoms. The standard InChI is InChI=1S/C16H16FNO2/c1-11-9-15(17)6-3-14(11)10-20-16-7-4-13(5-8-16)12(2)18-19/h3-9,19H,10H2,1-2H3/b18-12-. The Morgan fingerprint density at radius 1 is 1.20 bits per heavy atom. The number of ether oxygens (including phenoxy) is 1. The van der Waals surface area contributed by atoms with Crippen molar-refractivity contribution in [1.29, 1.82) is 0 Å². The summed E-state index contributed by atoms with van der Waals surface area (Å²) in [5, 5.41) is 11.8. The molecule has 0 saturated heterocycles. The minimum atomic E-state index is -0.241. The lowest BCUT2D eigenvalue weighted by atomic mass is 10.1. The van der Waals surface area contributed by atoms with E-state index in [1.165, 1.54) is 12.1 Å². The molecule has 0 fully saturated rings. The zero-order valence-electron chi connectivity index (χ0n) is 11.4. The first-order chi connectivity index (χ1) is 9.60. The smallest absolute Gasteiger partial charge is 0.123 e. The van der Waals surface area contributed by atoms with Crippen molar-refractivity contribution in [2.45, 2.75) is 20.5 Å². The molecule has 2 rings (SSSR count). The van der Waals surface area contributed by atoms with E-state index >= 15 is 0 Å². The van der Waals surface area contributed by atoms with Crippen molar-refractivity contribution in [2.24, 2.45) is 5.16 Å². The summed E-state index contributed by atoms with van der Waals surface area (Å²) in [6.45, 7) is 3.96. The zero-order chi connectivity index (χ0) is 14.5. The number of hydrogen-bond acceptors (Lipinski definition) is 3. The minimum absolute atomic E-state index is 0.241. The molecule has 0 radical (unpaired) electrons.